The van der Waals surface area contributed by atoms with E-state index < -0.39 is 0 Å². The molecule has 0 saturated carbocycles. The number of anilines is 1. The molecule has 0 radical (unpaired) electrons. The van der Waals surface area contributed by atoms with Gasteiger partial charge in [-0.1, -0.05) is 23.8 Å². The van der Waals surface area contributed by atoms with E-state index in [1.54, 1.807) is 18.2 Å². The van der Waals surface area contributed by atoms with Gasteiger partial charge in [0.15, 0.2) is 11.5 Å². The van der Waals surface area contributed by atoms with E-state index in [9.17, 15) is 9.59 Å². The average Bonchev–Trinajstić information content (AvgIpc) is 3.20. The second-order valence-corrected chi connectivity index (χ2v) is 6.92. The highest BCUT2D eigenvalue weighted by Gasteiger charge is 2.34. The van der Waals surface area contributed by atoms with Gasteiger partial charge >= 0.3 is 0 Å². The number of nitrogens with one attached hydrogen (secondary N) is 1. The smallest absolute Gasteiger partial charge is 0.295 e. The number of carbonyl (C=O) groups is 2. The lowest BCUT2D eigenvalue weighted by molar-refractivity contribution is -0.122. The molecule has 0 aromatic heterocycles. The molecule has 2 aliphatic rings. The van der Waals surface area contributed by atoms with Crippen LogP contribution in [0.15, 0.2) is 47.4 Å². The van der Waals surface area contributed by atoms with E-state index >= 15 is 0 Å². The molecule has 6 nitrogen and oxygen atoms in total. The Hall–Kier alpha value is -2.93. The molecule has 1 N–H and O–H groups in total. The first-order valence-corrected chi connectivity index (χ1v) is 8.87. The first-order chi connectivity index (χ1) is 12.6. The summed E-state index contributed by atoms with van der Waals surface area (Å²) < 4.78 is 10.6. The van der Waals surface area contributed by atoms with Crippen LogP contribution in [0.2, 0.25) is 0 Å². The SMILES string of the molecule is Cc1ccc(NCN2C(=O)S/C(=C/c3ccc4c(c3)OCO4)C2=O)cc1. The predicted molar refractivity (Wildman–Crippen MR) is 100 cm³/mol. The van der Waals surface area contributed by atoms with Crippen molar-refractivity contribution in [2.45, 2.75) is 6.92 Å². The van der Waals surface area contributed by atoms with Crippen LogP contribution in [0.25, 0.3) is 6.08 Å². The van der Waals surface area contributed by atoms with Crippen LogP contribution in [0.5, 0.6) is 11.5 Å². The zero-order valence-electron chi connectivity index (χ0n) is 14.0. The number of imide groups is 1. The van der Waals surface area contributed by atoms with Crippen molar-refractivity contribution in [3.8, 4) is 11.5 Å². The van der Waals surface area contributed by atoms with Gasteiger partial charge in [-0.05, 0) is 54.6 Å². The Labute approximate surface area is 154 Å². The monoisotopic (exact) mass is 368 g/mol. The number of hydrogen-bond donors (Lipinski definition) is 1. The van der Waals surface area contributed by atoms with Crippen LogP contribution in [0.1, 0.15) is 11.1 Å². The van der Waals surface area contributed by atoms with Crippen molar-refractivity contribution < 1.29 is 19.1 Å². The molecule has 0 unspecified atom stereocenters. The molecule has 1 fully saturated rings. The number of fused-ring (bicyclic) bond motifs is 1. The number of ether oxygens (including phenoxy) is 2. The Morgan fingerprint density at radius 3 is 2.69 bits per heavy atom. The van der Waals surface area contributed by atoms with Gasteiger partial charge in [0.2, 0.25) is 6.79 Å². The molecule has 7 heteroatoms. The molecule has 0 atom stereocenters. The second-order valence-electron chi connectivity index (χ2n) is 5.92. The molecule has 26 heavy (non-hydrogen) atoms. The minimum absolute atomic E-state index is 0.131. The molecule has 2 aromatic rings. The van der Waals surface area contributed by atoms with Crippen LogP contribution >= 0.6 is 11.8 Å². The maximum Gasteiger partial charge on any atom is 0.295 e. The third-order valence-corrected chi connectivity index (χ3v) is 4.97. The topological polar surface area (TPSA) is 67.9 Å². The van der Waals surface area contributed by atoms with Crippen molar-refractivity contribution in [3.63, 3.8) is 0 Å². The molecular formula is C19H16N2O4S. The van der Waals surface area contributed by atoms with Crippen LogP contribution in [-0.4, -0.2) is 29.5 Å². The molecule has 2 heterocycles. The fourth-order valence-corrected chi connectivity index (χ4v) is 3.47. The van der Waals surface area contributed by atoms with Gasteiger partial charge in [-0.15, -0.1) is 0 Å². The Bertz CT molecular complexity index is 908. The summed E-state index contributed by atoms with van der Waals surface area (Å²) in [5, 5.41) is 2.81. The molecule has 4 rings (SSSR count). The highest BCUT2D eigenvalue weighted by Crippen LogP contribution is 2.36. The maximum atomic E-state index is 12.5. The van der Waals surface area contributed by atoms with Crippen molar-refractivity contribution in [1.29, 1.82) is 0 Å². The van der Waals surface area contributed by atoms with Crippen molar-refractivity contribution >= 4 is 34.7 Å². The van der Waals surface area contributed by atoms with Gasteiger partial charge in [-0.3, -0.25) is 14.5 Å². The molecule has 1 saturated heterocycles. The van der Waals surface area contributed by atoms with Crippen molar-refractivity contribution in [3.05, 3.63) is 58.5 Å². The number of amides is 2. The van der Waals surface area contributed by atoms with E-state index in [-0.39, 0.29) is 24.6 Å². The molecular weight excluding hydrogens is 352 g/mol. The lowest BCUT2D eigenvalue weighted by Gasteiger charge is -2.14. The number of aryl methyl sites for hydroxylation is 1. The minimum Gasteiger partial charge on any atom is -0.454 e. The first-order valence-electron chi connectivity index (χ1n) is 8.06. The van der Waals surface area contributed by atoms with Gasteiger partial charge in [0, 0.05) is 5.69 Å². The Kier molecular flexibility index (Phi) is 4.30. The Morgan fingerprint density at radius 1 is 1.12 bits per heavy atom. The Balaban J connectivity index is 1.47. The normalized spacial score (nSPS) is 17.3. The van der Waals surface area contributed by atoms with Crippen molar-refractivity contribution in [2.24, 2.45) is 0 Å². The molecule has 2 aliphatic heterocycles. The van der Waals surface area contributed by atoms with E-state index in [1.165, 1.54) is 4.90 Å². The highest BCUT2D eigenvalue weighted by molar-refractivity contribution is 8.18. The van der Waals surface area contributed by atoms with Gasteiger partial charge in [0.05, 0.1) is 11.6 Å². The van der Waals surface area contributed by atoms with Gasteiger partial charge in [-0.2, -0.15) is 0 Å². The van der Waals surface area contributed by atoms with E-state index in [2.05, 4.69) is 5.32 Å². The Morgan fingerprint density at radius 2 is 1.88 bits per heavy atom. The molecule has 132 valence electrons. The van der Waals surface area contributed by atoms with Crippen molar-refractivity contribution in [2.75, 3.05) is 18.8 Å². The van der Waals surface area contributed by atoms with Gasteiger partial charge in [0.1, 0.15) is 0 Å². The third-order valence-electron chi connectivity index (χ3n) is 4.06. The first kappa shape index (κ1) is 16.5. The lowest BCUT2D eigenvalue weighted by Crippen LogP contribution is -2.33. The zero-order chi connectivity index (χ0) is 18.1. The summed E-state index contributed by atoms with van der Waals surface area (Å²) in [7, 11) is 0. The van der Waals surface area contributed by atoms with Gasteiger partial charge < -0.3 is 14.8 Å². The second kappa shape index (κ2) is 6.76. The quantitative estimate of drug-likeness (QED) is 0.828. The molecule has 0 aliphatic carbocycles. The number of benzene rings is 2. The van der Waals surface area contributed by atoms with Crippen LogP contribution in [0.4, 0.5) is 10.5 Å². The summed E-state index contributed by atoms with van der Waals surface area (Å²) >= 11 is 0.934. The van der Waals surface area contributed by atoms with Crippen LogP contribution in [0, 0.1) is 6.92 Å². The fourth-order valence-electron chi connectivity index (χ4n) is 2.63. The standard InChI is InChI=1S/C19H16N2O4S/c1-12-2-5-14(6-3-12)20-10-21-18(22)17(26-19(21)23)9-13-4-7-15-16(8-13)25-11-24-15/h2-9,20H,10-11H2,1H3/b17-9+. The molecule has 0 bridgehead atoms. The van der Waals surface area contributed by atoms with Gasteiger partial charge in [-0.25, -0.2) is 0 Å². The van der Waals surface area contributed by atoms with E-state index in [0.29, 0.717) is 16.4 Å². The summed E-state index contributed by atoms with van der Waals surface area (Å²) in [6, 6.07) is 13.2. The summed E-state index contributed by atoms with van der Waals surface area (Å²) in [6.07, 6.45) is 1.69. The average molecular weight is 368 g/mol. The van der Waals surface area contributed by atoms with Crippen molar-refractivity contribution in [1.82, 2.24) is 4.90 Å². The number of rotatable bonds is 4. The van der Waals surface area contributed by atoms with Crippen LogP contribution in [0.3, 0.4) is 0 Å². The maximum absolute atomic E-state index is 12.5. The van der Waals surface area contributed by atoms with Crippen LogP contribution < -0.4 is 14.8 Å². The number of nitrogens with zero attached hydrogens (tertiary/aromatic N) is 1. The van der Waals surface area contributed by atoms with Gasteiger partial charge in [0.25, 0.3) is 11.1 Å². The summed E-state index contributed by atoms with van der Waals surface area (Å²) in [5.41, 5.74) is 2.79. The van der Waals surface area contributed by atoms with E-state index in [0.717, 1.165) is 28.6 Å². The molecule has 2 aromatic carbocycles. The largest absolute Gasteiger partial charge is 0.454 e. The summed E-state index contributed by atoms with van der Waals surface area (Å²) in [4.78, 5) is 26.3. The van der Waals surface area contributed by atoms with Crippen LogP contribution in [-0.2, 0) is 4.79 Å². The lowest BCUT2D eigenvalue weighted by atomic mass is 10.2. The number of hydrogen-bond acceptors (Lipinski definition) is 6. The highest BCUT2D eigenvalue weighted by atomic mass is 32.2. The summed E-state index contributed by atoms with van der Waals surface area (Å²) in [5.74, 6) is 1.01. The third kappa shape index (κ3) is 3.25. The molecule has 0 spiro atoms. The van der Waals surface area contributed by atoms with E-state index in [1.807, 2.05) is 37.3 Å². The number of thioether (sulfide) groups is 1. The minimum atomic E-state index is -0.308. The predicted octanol–water partition coefficient (Wildman–Crippen LogP) is 3.83. The number of carbonyl (C=O) groups excluding carboxylic acids is 2. The zero-order valence-corrected chi connectivity index (χ0v) is 14.8. The molecule has 2 amide bonds. The fraction of sp³-hybridized carbons (Fsp3) is 0.158. The summed E-state index contributed by atoms with van der Waals surface area (Å²) in [6.45, 7) is 2.33. The van der Waals surface area contributed by atoms with E-state index in [4.69, 9.17) is 9.47 Å².